The van der Waals surface area contributed by atoms with E-state index >= 15 is 0 Å². The molecule has 1 unspecified atom stereocenters. The number of nitrogens with zero attached hydrogens (tertiary/aromatic N) is 2. The van der Waals surface area contributed by atoms with Crippen LogP contribution >= 0.6 is 0 Å². The van der Waals surface area contributed by atoms with E-state index in [9.17, 15) is 14.7 Å². The number of aromatic nitrogens is 2. The van der Waals surface area contributed by atoms with Crippen molar-refractivity contribution >= 4 is 17.5 Å². The summed E-state index contributed by atoms with van der Waals surface area (Å²) < 4.78 is 1.74. The Kier molecular flexibility index (Phi) is 3.97. The molecule has 0 aliphatic rings. The van der Waals surface area contributed by atoms with Crippen LogP contribution in [0, 0.1) is 6.92 Å². The van der Waals surface area contributed by atoms with E-state index in [1.165, 1.54) is 6.92 Å². The molecule has 6 heteroatoms. The molecule has 0 bridgehead atoms. The molecule has 0 radical (unpaired) electrons. The van der Waals surface area contributed by atoms with E-state index in [0.717, 1.165) is 5.56 Å². The summed E-state index contributed by atoms with van der Waals surface area (Å²) in [5, 5.41) is 11.9. The van der Waals surface area contributed by atoms with E-state index in [1.807, 2.05) is 32.2 Å². The topological polar surface area (TPSA) is 83.7 Å². The first-order valence-corrected chi connectivity index (χ1v) is 6.87. The zero-order chi connectivity index (χ0) is 15.6. The highest BCUT2D eigenvalue weighted by molar-refractivity contribution is 5.96. The number of hydrogen-bond donors (Lipinski definition) is 2. The minimum atomic E-state index is -1.28. The lowest BCUT2D eigenvalue weighted by atomic mass is 9.96. The lowest BCUT2D eigenvalue weighted by molar-refractivity contribution is -0.144. The molecule has 0 fully saturated rings. The number of pyridine rings is 1. The second-order valence-electron chi connectivity index (χ2n) is 5.44. The first kappa shape index (κ1) is 15.0. The maximum atomic E-state index is 12.2. The van der Waals surface area contributed by atoms with Crippen LogP contribution in [0.3, 0.4) is 0 Å². The molecular weight excluding hydrogens is 270 g/mol. The van der Waals surface area contributed by atoms with Crippen molar-refractivity contribution in [1.29, 1.82) is 0 Å². The van der Waals surface area contributed by atoms with Crippen molar-refractivity contribution in [3.63, 3.8) is 0 Å². The van der Waals surface area contributed by atoms with Crippen molar-refractivity contribution in [2.45, 2.75) is 39.2 Å². The number of hydrogen-bond acceptors (Lipinski definition) is 3. The number of carbonyl (C=O) groups is 2. The maximum Gasteiger partial charge on any atom is 0.329 e. The van der Waals surface area contributed by atoms with Crippen molar-refractivity contribution in [2.24, 2.45) is 0 Å². The average molecular weight is 289 g/mol. The first-order chi connectivity index (χ1) is 9.85. The maximum absolute atomic E-state index is 12.2. The molecule has 2 rings (SSSR count). The Morgan fingerprint density at radius 1 is 1.48 bits per heavy atom. The van der Waals surface area contributed by atoms with Crippen molar-refractivity contribution in [3.8, 4) is 0 Å². The minimum Gasteiger partial charge on any atom is -0.480 e. The zero-order valence-electron chi connectivity index (χ0n) is 12.4. The van der Waals surface area contributed by atoms with Crippen LogP contribution in [-0.4, -0.2) is 31.9 Å². The predicted octanol–water partition coefficient (Wildman–Crippen LogP) is 2.02. The van der Waals surface area contributed by atoms with Gasteiger partial charge in [0.1, 0.15) is 16.9 Å². The number of rotatable bonds is 5. The Labute approximate surface area is 122 Å². The van der Waals surface area contributed by atoms with Crippen molar-refractivity contribution in [1.82, 2.24) is 14.7 Å². The molecule has 0 saturated carbocycles. The highest BCUT2D eigenvalue weighted by atomic mass is 16.4. The number of amides is 1. The van der Waals surface area contributed by atoms with Gasteiger partial charge in [0.05, 0.1) is 0 Å². The Morgan fingerprint density at radius 3 is 2.81 bits per heavy atom. The smallest absolute Gasteiger partial charge is 0.329 e. The molecule has 1 amide bonds. The van der Waals surface area contributed by atoms with E-state index < -0.39 is 17.4 Å². The van der Waals surface area contributed by atoms with Crippen LogP contribution in [0.2, 0.25) is 0 Å². The van der Waals surface area contributed by atoms with Crippen LogP contribution < -0.4 is 5.32 Å². The fourth-order valence-electron chi connectivity index (χ4n) is 2.23. The molecule has 2 N–H and O–H groups in total. The predicted molar refractivity (Wildman–Crippen MR) is 78.3 cm³/mol. The van der Waals surface area contributed by atoms with Crippen LogP contribution in [-0.2, 0) is 4.79 Å². The highest BCUT2D eigenvalue weighted by Gasteiger charge is 2.34. The van der Waals surface area contributed by atoms with E-state index in [0.29, 0.717) is 18.5 Å². The van der Waals surface area contributed by atoms with Gasteiger partial charge in [-0.15, -0.1) is 0 Å². The van der Waals surface area contributed by atoms with Gasteiger partial charge in [-0.2, -0.15) is 0 Å². The van der Waals surface area contributed by atoms with Crippen molar-refractivity contribution in [3.05, 3.63) is 35.8 Å². The fraction of sp³-hybridized carbons (Fsp3) is 0.400. The molecule has 2 aromatic heterocycles. The summed E-state index contributed by atoms with van der Waals surface area (Å²) in [5.74, 6) is -1.52. The van der Waals surface area contributed by atoms with Gasteiger partial charge in [-0.3, -0.25) is 4.79 Å². The number of carbonyl (C=O) groups excluding carboxylic acids is 1. The molecule has 0 aromatic carbocycles. The van der Waals surface area contributed by atoms with E-state index in [4.69, 9.17) is 0 Å². The van der Waals surface area contributed by atoms with Gasteiger partial charge in [0.15, 0.2) is 0 Å². The molecule has 0 saturated heterocycles. The number of carboxylic acid groups (broad SMARTS) is 1. The number of aliphatic carboxylic acids is 1. The minimum absolute atomic E-state index is 0.212. The molecule has 0 aliphatic heterocycles. The SMILES string of the molecule is CCCC(C)(NC(=O)c1cn2ccc(C)cc2n1)C(=O)O. The Balaban J connectivity index is 2.27. The summed E-state index contributed by atoms with van der Waals surface area (Å²) in [6.45, 7) is 5.33. The van der Waals surface area contributed by atoms with E-state index in [-0.39, 0.29) is 5.69 Å². The van der Waals surface area contributed by atoms with Gasteiger partial charge in [-0.25, -0.2) is 9.78 Å². The molecule has 6 nitrogen and oxygen atoms in total. The van der Waals surface area contributed by atoms with Gasteiger partial charge in [-0.05, 0) is 38.0 Å². The van der Waals surface area contributed by atoms with Crippen LogP contribution in [0.5, 0.6) is 0 Å². The molecule has 2 heterocycles. The number of fused-ring (bicyclic) bond motifs is 1. The van der Waals surface area contributed by atoms with Crippen LogP contribution in [0.25, 0.3) is 5.65 Å². The van der Waals surface area contributed by atoms with Crippen LogP contribution in [0.15, 0.2) is 24.5 Å². The van der Waals surface area contributed by atoms with Crippen LogP contribution in [0.1, 0.15) is 42.7 Å². The standard InChI is InChI=1S/C15H19N3O3/c1-4-6-15(3,14(20)21)17-13(19)11-9-18-7-5-10(2)8-12(18)16-11/h5,7-9H,4,6H2,1-3H3,(H,17,19)(H,20,21). The van der Waals surface area contributed by atoms with Gasteiger partial charge in [-0.1, -0.05) is 13.3 Å². The molecule has 1 atom stereocenters. The number of carboxylic acids is 1. The molecule has 21 heavy (non-hydrogen) atoms. The van der Waals surface area contributed by atoms with Gasteiger partial charge in [0.2, 0.25) is 0 Å². The summed E-state index contributed by atoms with van der Waals surface area (Å²) in [6, 6.07) is 3.77. The number of imidazole rings is 1. The van der Waals surface area contributed by atoms with Crippen molar-refractivity contribution < 1.29 is 14.7 Å². The first-order valence-electron chi connectivity index (χ1n) is 6.87. The Morgan fingerprint density at radius 2 is 2.19 bits per heavy atom. The molecular formula is C15H19N3O3. The van der Waals surface area contributed by atoms with Gasteiger partial charge < -0.3 is 14.8 Å². The Bertz CT molecular complexity index is 693. The normalized spacial score (nSPS) is 13.9. The summed E-state index contributed by atoms with van der Waals surface area (Å²) in [4.78, 5) is 27.8. The zero-order valence-corrected chi connectivity index (χ0v) is 12.4. The van der Waals surface area contributed by atoms with Gasteiger partial charge in [0, 0.05) is 12.4 Å². The number of aryl methyl sites for hydroxylation is 1. The lowest BCUT2D eigenvalue weighted by Gasteiger charge is -2.25. The highest BCUT2D eigenvalue weighted by Crippen LogP contribution is 2.14. The van der Waals surface area contributed by atoms with Gasteiger partial charge >= 0.3 is 5.97 Å². The van der Waals surface area contributed by atoms with E-state index in [2.05, 4.69) is 10.3 Å². The quantitative estimate of drug-likeness (QED) is 0.882. The molecule has 0 aliphatic carbocycles. The largest absolute Gasteiger partial charge is 0.480 e. The third-order valence-electron chi connectivity index (χ3n) is 3.46. The summed E-state index contributed by atoms with van der Waals surface area (Å²) in [5.41, 5.74) is 0.635. The molecule has 112 valence electrons. The summed E-state index contributed by atoms with van der Waals surface area (Å²) in [7, 11) is 0. The summed E-state index contributed by atoms with van der Waals surface area (Å²) >= 11 is 0. The number of nitrogens with one attached hydrogen (secondary N) is 1. The van der Waals surface area contributed by atoms with Gasteiger partial charge in [0.25, 0.3) is 5.91 Å². The second kappa shape index (κ2) is 5.55. The Hall–Kier alpha value is -2.37. The lowest BCUT2D eigenvalue weighted by Crippen LogP contribution is -2.52. The summed E-state index contributed by atoms with van der Waals surface area (Å²) in [6.07, 6.45) is 4.43. The fourth-order valence-corrected chi connectivity index (χ4v) is 2.23. The third-order valence-corrected chi connectivity index (χ3v) is 3.46. The van der Waals surface area contributed by atoms with Crippen molar-refractivity contribution in [2.75, 3.05) is 0 Å². The average Bonchev–Trinajstić information content (AvgIpc) is 2.81. The second-order valence-corrected chi connectivity index (χ2v) is 5.44. The monoisotopic (exact) mass is 289 g/mol. The third kappa shape index (κ3) is 3.04. The molecule has 0 spiro atoms. The molecule has 2 aromatic rings. The van der Waals surface area contributed by atoms with E-state index in [1.54, 1.807) is 10.6 Å². The van der Waals surface area contributed by atoms with Crippen LogP contribution in [0.4, 0.5) is 0 Å².